The van der Waals surface area contributed by atoms with Gasteiger partial charge in [-0.05, 0) is 74.9 Å². The van der Waals surface area contributed by atoms with Crippen LogP contribution in [-0.2, 0) is 11.3 Å². The Morgan fingerprint density at radius 3 is 2.52 bits per heavy atom. The molecule has 10 nitrogen and oxygen atoms in total. The van der Waals surface area contributed by atoms with Crippen molar-refractivity contribution in [2.24, 2.45) is 5.92 Å². The average Bonchev–Trinajstić information content (AvgIpc) is 3.41. The molecule has 208 valence electrons. The summed E-state index contributed by atoms with van der Waals surface area (Å²) in [4.78, 5) is 36.8. The van der Waals surface area contributed by atoms with Crippen molar-refractivity contribution in [3.63, 3.8) is 0 Å². The molecule has 1 N–H and O–H groups in total. The maximum absolute atomic E-state index is 13.3. The molecule has 4 aromatic rings. The SMILES string of the molecule is O=c1c2cnn(-c3ccc(F)cc3)c2ncn1CC1(O)CCN(C(=O)[C@H]2CC[C@H](Oc3cccnc3)CC2)CC1. The van der Waals surface area contributed by atoms with Gasteiger partial charge in [-0.15, -0.1) is 0 Å². The summed E-state index contributed by atoms with van der Waals surface area (Å²) >= 11 is 0. The van der Waals surface area contributed by atoms with E-state index in [4.69, 9.17) is 4.74 Å². The Morgan fingerprint density at radius 1 is 1.07 bits per heavy atom. The third-order valence-corrected chi connectivity index (χ3v) is 8.06. The van der Waals surface area contributed by atoms with Crippen LogP contribution in [0.2, 0.25) is 0 Å². The van der Waals surface area contributed by atoms with Gasteiger partial charge in [-0.25, -0.2) is 14.1 Å². The summed E-state index contributed by atoms with van der Waals surface area (Å²) in [5, 5.41) is 15.9. The molecule has 2 fully saturated rings. The molecule has 6 rings (SSSR count). The molecule has 0 unspecified atom stereocenters. The van der Waals surface area contributed by atoms with E-state index in [9.17, 15) is 19.1 Å². The molecule has 2 aliphatic rings. The number of likely N-dealkylation sites (tertiary alicyclic amines) is 1. The Morgan fingerprint density at radius 2 is 1.82 bits per heavy atom. The summed E-state index contributed by atoms with van der Waals surface area (Å²) < 4.78 is 22.2. The molecule has 0 spiro atoms. The number of nitrogens with zero attached hydrogens (tertiary/aromatic N) is 6. The molecule has 1 aliphatic heterocycles. The van der Waals surface area contributed by atoms with Gasteiger partial charge in [-0.2, -0.15) is 5.10 Å². The van der Waals surface area contributed by atoms with Crippen LogP contribution in [0.5, 0.6) is 5.75 Å². The zero-order valence-electron chi connectivity index (χ0n) is 22.0. The van der Waals surface area contributed by atoms with Crippen molar-refractivity contribution in [2.75, 3.05) is 13.1 Å². The molecule has 1 saturated carbocycles. The highest BCUT2D eigenvalue weighted by atomic mass is 19.1. The standard InChI is InChI=1S/C29H31FN6O4/c30-21-5-7-22(8-6-21)36-26-25(17-33-36)28(38)35(19-32-26)18-29(39)11-14-34(15-12-29)27(37)20-3-9-23(10-4-20)40-24-2-1-13-31-16-24/h1-2,5-8,13,16-17,19-20,23,39H,3-4,9-12,14-15,18H2/t20-,23-. The van der Waals surface area contributed by atoms with E-state index in [-0.39, 0.29) is 35.9 Å². The molecule has 4 heterocycles. The van der Waals surface area contributed by atoms with E-state index in [0.29, 0.717) is 42.7 Å². The topological polar surface area (TPSA) is 115 Å². The first kappa shape index (κ1) is 26.1. The molecule has 11 heteroatoms. The maximum Gasteiger partial charge on any atom is 0.264 e. The van der Waals surface area contributed by atoms with Crippen LogP contribution in [0.25, 0.3) is 16.7 Å². The van der Waals surface area contributed by atoms with Crippen molar-refractivity contribution >= 4 is 16.9 Å². The van der Waals surface area contributed by atoms with E-state index in [1.165, 1.54) is 33.9 Å². The second-order valence-corrected chi connectivity index (χ2v) is 10.8. The van der Waals surface area contributed by atoms with Crippen LogP contribution in [0, 0.1) is 11.7 Å². The van der Waals surface area contributed by atoms with Crippen LogP contribution in [0.1, 0.15) is 38.5 Å². The van der Waals surface area contributed by atoms with Crippen LogP contribution in [0.15, 0.2) is 66.1 Å². The summed E-state index contributed by atoms with van der Waals surface area (Å²) in [6.07, 6.45) is 10.3. The number of piperidine rings is 1. The minimum atomic E-state index is -1.13. The van der Waals surface area contributed by atoms with Crippen molar-refractivity contribution in [1.29, 1.82) is 0 Å². The Balaban J connectivity index is 1.05. The number of hydrogen-bond acceptors (Lipinski definition) is 7. The van der Waals surface area contributed by atoms with Crippen molar-refractivity contribution in [2.45, 2.75) is 56.8 Å². The first-order chi connectivity index (χ1) is 19.4. The molecule has 1 aromatic carbocycles. The first-order valence-corrected chi connectivity index (χ1v) is 13.7. The molecule has 1 aliphatic carbocycles. The smallest absolute Gasteiger partial charge is 0.264 e. The first-order valence-electron chi connectivity index (χ1n) is 13.7. The van der Waals surface area contributed by atoms with Gasteiger partial charge in [0.15, 0.2) is 5.65 Å². The lowest BCUT2D eigenvalue weighted by molar-refractivity contribution is -0.141. The van der Waals surface area contributed by atoms with E-state index >= 15 is 0 Å². The number of amides is 1. The number of rotatable bonds is 6. The largest absolute Gasteiger partial charge is 0.489 e. The highest BCUT2D eigenvalue weighted by Gasteiger charge is 2.37. The molecule has 40 heavy (non-hydrogen) atoms. The highest BCUT2D eigenvalue weighted by molar-refractivity contribution is 5.79. The number of carbonyl (C=O) groups excluding carboxylic acids is 1. The Hall–Kier alpha value is -4.12. The van der Waals surface area contributed by atoms with Gasteiger partial charge in [0, 0.05) is 25.2 Å². The molecular weight excluding hydrogens is 515 g/mol. The molecule has 1 saturated heterocycles. The van der Waals surface area contributed by atoms with Gasteiger partial charge in [-0.3, -0.25) is 19.1 Å². The van der Waals surface area contributed by atoms with Crippen molar-refractivity contribution in [3.05, 3.63) is 77.5 Å². The number of ether oxygens (including phenoxy) is 1. The number of pyridine rings is 1. The number of aliphatic hydroxyl groups is 1. The summed E-state index contributed by atoms with van der Waals surface area (Å²) in [5.74, 6) is 0.486. The number of halogens is 1. The third kappa shape index (κ3) is 5.33. The van der Waals surface area contributed by atoms with Gasteiger partial charge >= 0.3 is 0 Å². The second-order valence-electron chi connectivity index (χ2n) is 10.8. The van der Waals surface area contributed by atoms with E-state index in [1.807, 2.05) is 17.0 Å². The van der Waals surface area contributed by atoms with Crippen molar-refractivity contribution in [1.82, 2.24) is 29.2 Å². The van der Waals surface area contributed by atoms with Crippen molar-refractivity contribution < 1.29 is 19.0 Å². The van der Waals surface area contributed by atoms with Gasteiger partial charge < -0.3 is 14.7 Å². The van der Waals surface area contributed by atoms with Gasteiger partial charge in [-0.1, -0.05) is 0 Å². The molecular formula is C29H31FN6O4. The minimum absolute atomic E-state index is 0.0354. The number of hydrogen-bond donors (Lipinski definition) is 1. The van der Waals surface area contributed by atoms with Crippen molar-refractivity contribution in [3.8, 4) is 11.4 Å². The maximum atomic E-state index is 13.3. The van der Waals surface area contributed by atoms with E-state index in [1.54, 1.807) is 24.5 Å². The molecule has 0 radical (unpaired) electrons. The molecule has 0 atom stereocenters. The Bertz CT molecular complexity index is 1540. The predicted octanol–water partition coefficient (Wildman–Crippen LogP) is 3.11. The average molecular weight is 547 g/mol. The second kappa shape index (κ2) is 10.8. The summed E-state index contributed by atoms with van der Waals surface area (Å²) in [6, 6.07) is 9.50. The zero-order chi connectivity index (χ0) is 27.7. The highest BCUT2D eigenvalue weighted by Crippen LogP contribution is 2.31. The lowest BCUT2D eigenvalue weighted by atomic mass is 9.85. The summed E-state index contributed by atoms with van der Waals surface area (Å²) in [6.45, 7) is 0.956. The van der Waals surface area contributed by atoms with Gasteiger partial charge in [0.2, 0.25) is 5.91 Å². The third-order valence-electron chi connectivity index (χ3n) is 8.06. The summed E-state index contributed by atoms with van der Waals surface area (Å²) in [7, 11) is 0. The fourth-order valence-electron chi connectivity index (χ4n) is 5.75. The summed E-state index contributed by atoms with van der Waals surface area (Å²) in [5.41, 5.74) is -0.486. The Labute approximate surface area is 230 Å². The Kier molecular flexibility index (Phi) is 7.05. The minimum Gasteiger partial charge on any atom is -0.489 e. The van der Waals surface area contributed by atoms with E-state index < -0.39 is 5.60 Å². The zero-order valence-corrected chi connectivity index (χ0v) is 22.0. The van der Waals surface area contributed by atoms with Crippen LogP contribution < -0.4 is 10.3 Å². The van der Waals surface area contributed by atoms with Gasteiger partial charge in [0.1, 0.15) is 23.3 Å². The van der Waals surface area contributed by atoms with Crippen LogP contribution in [0.3, 0.4) is 0 Å². The predicted molar refractivity (Wildman–Crippen MR) is 144 cm³/mol. The fourth-order valence-corrected chi connectivity index (χ4v) is 5.75. The quantitative estimate of drug-likeness (QED) is 0.395. The lowest BCUT2D eigenvalue weighted by Gasteiger charge is -2.40. The van der Waals surface area contributed by atoms with Crippen LogP contribution in [0.4, 0.5) is 4.39 Å². The van der Waals surface area contributed by atoms with E-state index in [2.05, 4.69) is 15.1 Å². The number of benzene rings is 1. The van der Waals surface area contributed by atoms with Gasteiger partial charge in [0.25, 0.3) is 5.56 Å². The number of aromatic nitrogens is 5. The molecule has 1 amide bonds. The monoisotopic (exact) mass is 546 g/mol. The number of carbonyl (C=O) groups is 1. The molecule has 0 bridgehead atoms. The van der Waals surface area contributed by atoms with Crippen LogP contribution >= 0.6 is 0 Å². The normalized spacial score (nSPS) is 20.9. The fraction of sp³-hybridized carbons (Fsp3) is 0.414. The number of fused-ring (bicyclic) bond motifs is 1. The van der Waals surface area contributed by atoms with Gasteiger partial charge in [0.05, 0.1) is 36.3 Å². The molecule has 3 aromatic heterocycles. The lowest BCUT2D eigenvalue weighted by Crippen LogP contribution is -2.51. The van der Waals surface area contributed by atoms with Crippen LogP contribution in [-0.4, -0.2) is 65.0 Å². The van der Waals surface area contributed by atoms with E-state index in [0.717, 1.165) is 31.4 Å².